The Morgan fingerprint density at radius 1 is 0.692 bits per heavy atom. The van der Waals surface area contributed by atoms with E-state index in [1.54, 1.807) is 0 Å². The van der Waals surface area contributed by atoms with Crippen LogP contribution in [0.4, 0.5) is 11.4 Å². The first-order valence-corrected chi connectivity index (χ1v) is 9.52. The fraction of sp³-hybridized carbons (Fsp3) is 0.217. The molecule has 0 saturated carbocycles. The number of nitrogens with one attached hydrogen (secondary N) is 2. The maximum absolute atomic E-state index is 6.56. The Balaban J connectivity index is 2.03. The molecular formula is C23H25ClN2. The van der Waals surface area contributed by atoms with Crippen molar-refractivity contribution in [3.8, 4) is 0 Å². The minimum atomic E-state index is 0.107. The minimum absolute atomic E-state index is 0.107. The molecule has 0 heterocycles. The Labute approximate surface area is 161 Å². The topological polar surface area (TPSA) is 24.1 Å². The van der Waals surface area contributed by atoms with Crippen molar-refractivity contribution in [1.82, 2.24) is 0 Å². The van der Waals surface area contributed by atoms with Gasteiger partial charge in [0.2, 0.25) is 0 Å². The van der Waals surface area contributed by atoms with E-state index in [-0.39, 0.29) is 5.92 Å². The van der Waals surface area contributed by atoms with Gasteiger partial charge < -0.3 is 10.6 Å². The van der Waals surface area contributed by atoms with Gasteiger partial charge in [0.05, 0.1) is 0 Å². The third-order valence-electron chi connectivity index (χ3n) is 4.47. The van der Waals surface area contributed by atoms with E-state index >= 15 is 0 Å². The first kappa shape index (κ1) is 18.3. The van der Waals surface area contributed by atoms with Crippen LogP contribution in [0.25, 0.3) is 0 Å². The average Bonchev–Trinajstić information content (AvgIpc) is 2.67. The standard InChI is InChI=1S/C23H25ClN2/c1-3-25-19-13-9-17(10-14-19)23(21-7-5-6-8-22(21)24)18-11-15-20(16-12-18)26-4-2/h5-16,23,25-26H,3-4H2,1-2H3. The Morgan fingerprint density at radius 3 is 1.58 bits per heavy atom. The van der Waals surface area contributed by atoms with Crippen molar-refractivity contribution in [2.45, 2.75) is 19.8 Å². The Bertz CT molecular complexity index is 776. The van der Waals surface area contributed by atoms with E-state index in [4.69, 9.17) is 11.6 Å². The summed E-state index contributed by atoms with van der Waals surface area (Å²) in [4.78, 5) is 0. The SMILES string of the molecule is CCNc1ccc(C(c2ccc(NCC)cc2)c2ccccc2Cl)cc1. The lowest BCUT2D eigenvalue weighted by atomic mass is 9.85. The largest absolute Gasteiger partial charge is 0.385 e. The number of benzene rings is 3. The van der Waals surface area contributed by atoms with Crippen LogP contribution < -0.4 is 10.6 Å². The quantitative estimate of drug-likeness (QED) is 0.475. The number of halogens is 1. The van der Waals surface area contributed by atoms with Gasteiger partial charge in [-0.05, 0) is 60.9 Å². The molecule has 0 radical (unpaired) electrons. The summed E-state index contributed by atoms with van der Waals surface area (Å²) in [6.07, 6.45) is 0. The molecule has 0 unspecified atom stereocenters. The highest BCUT2D eigenvalue weighted by Gasteiger charge is 2.19. The highest BCUT2D eigenvalue weighted by Crippen LogP contribution is 2.36. The molecule has 0 aliphatic heterocycles. The van der Waals surface area contributed by atoms with E-state index in [1.165, 1.54) is 11.1 Å². The average molecular weight is 365 g/mol. The molecule has 0 aromatic heterocycles. The second kappa shape index (κ2) is 8.77. The van der Waals surface area contributed by atoms with Crippen LogP contribution in [0, 0.1) is 0 Å². The Kier molecular flexibility index (Phi) is 6.19. The van der Waals surface area contributed by atoms with Crippen molar-refractivity contribution in [3.63, 3.8) is 0 Å². The lowest BCUT2D eigenvalue weighted by Gasteiger charge is -2.21. The molecule has 3 aromatic rings. The summed E-state index contributed by atoms with van der Waals surface area (Å²) in [5, 5.41) is 7.50. The van der Waals surface area contributed by atoms with Crippen molar-refractivity contribution in [1.29, 1.82) is 0 Å². The van der Waals surface area contributed by atoms with Crippen LogP contribution in [-0.2, 0) is 0 Å². The van der Waals surface area contributed by atoms with Gasteiger partial charge in [0.1, 0.15) is 0 Å². The van der Waals surface area contributed by atoms with Crippen LogP contribution in [0.5, 0.6) is 0 Å². The Hall–Kier alpha value is -2.45. The molecule has 3 aromatic carbocycles. The van der Waals surface area contributed by atoms with Gasteiger partial charge in [0, 0.05) is 35.4 Å². The number of hydrogen-bond donors (Lipinski definition) is 2. The van der Waals surface area contributed by atoms with E-state index in [2.05, 4.69) is 79.1 Å². The predicted molar refractivity (Wildman–Crippen MR) is 114 cm³/mol. The second-order valence-corrected chi connectivity index (χ2v) is 6.67. The molecule has 134 valence electrons. The fourth-order valence-electron chi connectivity index (χ4n) is 3.26. The smallest absolute Gasteiger partial charge is 0.0447 e. The molecule has 26 heavy (non-hydrogen) atoms. The van der Waals surface area contributed by atoms with Crippen molar-refractivity contribution in [2.75, 3.05) is 23.7 Å². The normalized spacial score (nSPS) is 10.8. The van der Waals surface area contributed by atoms with Crippen LogP contribution in [-0.4, -0.2) is 13.1 Å². The lowest BCUT2D eigenvalue weighted by Crippen LogP contribution is -2.05. The maximum Gasteiger partial charge on any atom is 0.0447 e. The van der Waals surface area contributed by atoms with E-state index in [9.17, 15) is 0 Å². The van der Waals surface area contributed by atoms with Crippen LogP contribution in [0.15, 0.2) is 72.8 Å². The molecule has 0 atom stereocenters. The van der Waals surface area contributed by atoms with Gasteiger partial charge in [-0.25, -0.2) is 0 Å². The van der Waals surface area contributed by atoms with Gasteiger partial charge in [-0.15, -0.1) is 0 Å². The van der Waals surface area contributed by atoms with Crippen LogP contribution in [0.3, 0.4) is 0 Å². The molecule has 3 heteroatoms. The second-order valence-electron chi connectivity index (χ2n) is 6.26. The highest BCUT2D eigenvalue weighted by molar-refractivity contribution is 6.31. The zero-order valence-electron chi connectivity index (χ0n) is 15.3. The first-order chi connectivity index (χ1) is 12.7. The van der Waals surface area contributed by atoms with Crippen LogP contribution >= 0.6 is 11.6 Å². The monoisotopic (exact) mass is 364 g/mol. The fourth-order valence-corrected chi connectivity index (χ4v) is 3.50. The zero-order chi connectivity index (χ0) is 18.4. The molecule has 0 saturated heterocycles. The van der Waals surface area contributed by atoms with Crippen LogP contribution in [0.1, 0.15) is 36.5 Å². The van der Waals surface area contributed by atoms with Gasteiger partial charge in [-0.1, -0.05) is 54.1 Å². The first-order valence-electron chi connectivity index (χ1n) is 9.15. The molecule has 2 nitrogen and oxygen atoms in total. The molecule has 0 spiro atoms. The Morgan fingerprint density at radius 2 is 1.15 bits per heavy atom. The van der Waals surface area contributed by atoms with Gasteiger partial charge in [-0.2, -0.15) is 0 Å². The molecule has 0 aliphatic carbocycles. The summed E-state index contributed by atoms with van der Waals surface area (Å²) >= 11 is 6.56. The van der Waals surface area contributed by atoms with Crippen LogP contribution in [0.2, 0.25) is 5.02 Å². The van der Waals surface area contributed by atoms with Crippen molar-refractivity contribution in [3.05, 3.63) is 94.5 Å². The minimum Gasteiger partial charge on any atom is -0.385 e. The zero-order valence-corrected chi connectivity index (χ0v) is 16.1. The summed E-state index contributed by atoms with van der Waals surface area (Å²) in [5.41, 5.74) is 5.86. The van der Waals surface area contributed by atoms with E-state index in [1.807, 2.05) is 18.2 Å². The summed E-state index contributed by atoms with van der Waals surface area (Å²) in [6.45, 7) is 6.04. The van der Waals surface area contributed by atoms with E-state index in [0.717, 1.165) is 35.1 Å². The predicted octanol–water partition coefficient (Wildman–Crippen LogP) is 6.38. The molecule has 3 rings (SSSR count). The summed E-state index contributed by atoms with van der Waals surface area (Å²) < 4.78 is 0. The summed E-state index contributed by atoms with van der Waals surface area (Å²) in [5.74, 6) is 0.107. The van der Waals surface area contributed by atoms with Gasteiger partial charge in [0.25, 0.3) is 0 Å². The third kappa shape index (κ3) is 4.20. The molecule has 0 aliphatic rings. The number of hydrogen-bond acceptors (Lipinski definition) is 2. The molecule has 0 amide bonds. The van der Waals surface area contributed by atoms with E-state index in [0.29, 0.717) is 0 Å². The highest BCUT2D eigenvalue weighted by atomic mass is 35.5. The molecular weight excluding hydrogens is 340 g/mol. The van der Waals surface area contributed by atoms with Gasteiger partial charge in [-0.3, -0.25) is 0 Å². The maximum atomic E-state index is 6.56. The van der Waals surface area contributed by atoms with Crippen molar-refractivity contribution < 1.29 is 0 Å². The van der Waals surface area contributed by atoms with Gasteiger partial charge in [0.15, 0.2) is 0 Å². The number of rotatable bonds is 7. The summed E-state index contributed by atoms with van der Waals surface area (Å²) in [7, 11) is 0. The molecule has 2 N–H and O–H groups in total. The number of anilines is 2. The molecule has 0 fully saturated rings. The van der Waals surface area contributed by atoms with Crippen molar-refractivity contribution >= 4 is 23.0 Å². The molecule has 0 bridgehead atoms. The lowest BCUT2D eigenvalue weighted by molar-refractivity contribution is 0.977. The van der Waals surface area contributed by atoms with E-state index < -0.39 is 0 Å². The van der Waals surface area contributed by atoms with Gasteiger partial charge >= 0.3 is 0 Å². The van der Waals surface area contributed by atoms with Crippen molar-refractivity contribution in [2.24, 2.45) is 0 Å². The third-order valence-corrected chi connectivity index (χ3v) is 4.81. The summed E-state index contributed by atoms with van der Waals surface area (Å²) in [6, 6.07) is 25.4.